The molecule has 0 atom stereocenters. The van der Waals surface area contributed by atoms with Gasteiger partial charge < -0.3 is 4.74 Å². The lowest BCUT2D eigenvalue weighted by Crippen LogP contribution is -2.39. The molecule has 0 saturated carbocycles. The van der Waals surface area contributed by atoms with E-state index in [-0.39, 0.29) is 23.7 Å². The number of thiazole rings is 1. The summed E-state index contributed by atoms with van der Waals surface area (Å²) in [5.41, 5.74) is 4.12. The second-order valence-electron chi connectivity index (χ2n) is 9.51. The van der Waals surface area contributed by atoms with Gasteiger partial charge >= 0.3 is 0 Å². The maximum absolute atomic E-state index is 13.6. The Balaban J connectivity index is 0.00000306. The number of anilines is 1. The number of ether oxygens (including phenoxy) is 1. The van der Waals surface area contributed by atoms with E-state index >= 15 is 0 Å². The van der Waals surface area contributed by atoms with Crippen molar-refractivity contribution in [1.29, 1.82) is 0 Å². The van der Waals surface area contributed by atoms with Gasteiger partial charge in [-0.15, -0.1) is 12.4 Å². The molecule has 0 N–H and O–H groups in total. The maximum atomic E-state index is 13.6. The number of benzene rings is 2. The van der Waals surface area contributed by atoms with E-state index in [9.17, 15) is 4.79 Å². The largest absolute Gasteiger partial charge is 0.379 e. The van der Waals surface area contributed by atoms with Gasteiger partial charge in [0, 0.05) is 31.7 Å². The molecular weight excluding hydrogens is 454 g/mol. The highest BCUT2D eigenvalue weighted by Crippen LogP contribution is 2.32. The van der Waals surface area contributed by atoms with Crippen LogP contribution in [0.1, 0.15) is 48.7 Å². The zero-order chi connectivity index (χ0) is 22.7. The Hall–Kier alpha value is -1.99. The average molecular weight is 488 g/mol. The first-order valence-electron chi connectivity index (χ1n) is 11.4. The van der Waals surface area contributed by atoms with Gasteiger partial charge in [-0.2, -0.15) is 0 Å². The van der Waals surface area contributed by atoms with Crippen LogP contribution in [0.3, 0.4) is 0 Å². The molecule has 1 aliphatic rings. The molecule has 0 spiro atoms. The van der Waals surface area contributed by atoms with Crippen molar-refractivity contribution >= 4 is 45.0 Å². The van der Waals surface area contributed by atoms with Crippen molar-refractivity contribution in [2.75, 3.05) is 44.3 Å². The third kappa shape index (κ3) is 6.12. The van der Waals surface area contributed by atoms with E-state index in [0.29, 0.717) is 12.1 Å². The van der Waals surface area contributed by atoms with E-state index < -0.39 is 0 Å². The number of halogens is 1. The molecule has 3 aromatic rings. The topological polar surface area (TPSA) is 45.7 Å². The Kier molecular flexibility index (Phi) is 8.51. The van der Waals surface area contributed by atoms with Crippen molar-refractivity contribution in [3.8, 4) is 0 Å². The predicted octanol–water partition coefficient (Wildman–Crippen LogP) is 5.69. The summed E-state index contributed by atoms with van der Waals surface area (Å²) in [6.07, 6.45) is 0.903. The van der Waals surface area contributed by atoms with Gasteiger partial charge in [-0.1, -0.05) is 56.4 Å². The highest BCUT2D eigenvalue weighted by atomic mass is 35.5. The molecule has 0 unspecified atom stereocenters. The Bertz CT molecular complexity index is 1070. The number of morpholine rings is 1. The second kappa shape index (κ2) is 11.0. The molecule has 1 aromatic heterocycles. The van der Waals surface area contributed by atoms with Crippen LogP contribution in [0.25, 0.3) is 10.2 Å². The van der Waals surface area contributed by atoms with E-state index in [2.05, 4.69) is 62.9 Å². The normalized spacial score (nSPS) is 14.8. The average Bonchev–Trinajstić information content (AvgIpc) is 3.22. The van der Waals surface area contributed by atoms with E-state index in [1.807, 2.05) is 17.0 Å². The van der Waals surface area contributed by atoms with Gasteiger partial charge in [-0.25, -0.2) is 4.98 Å². The Morgan fingerprint density at radius 1 is 1.12 bits per heavy atom. The van der Waals surface area contributed by atoms with E-state index in [1.54, 1.807) is 11.3 Å². The fraction of sp³-hybridized carbons (Fsp3) is 0.462. The van der Waals surface area contributed by atoms with E-state index in [4.69, 9.17) is 9.72 Å². The number of carbonyl (C=O) groups excluding carboxylic acids is 1. The predicted molar refractivity (Wildman–Crippen MR) is 140 cm³/mol. The van der Waals surface area contributed by atoms with Crippen LogP contribution in [0.5, 0.6) is 0 Å². The fourth-order valence-electron chi connectivity index (χ4n) is 4.02. The van der Waals surface area contributed by atoms with Crippen LogP contribution in [-0.4, -0.2) is 55.2 Å². The zero-order valence-corrected chi connectivity index (χ0v) is 21.6. The molecular formula is C26H34ClN3O2S. The standard InChI is InChI=1S/C26H33N3O2S.ClH/c1-19-7-5-8-22-23(19)27-25(32-22)29(14-6-13-28-15-17-31-18-16-28)24(30)20-9-11-21(12-10-20)26(2,3)4;/h5,7-12H,6,13-18H2,1-4H3;1H. The number of nitrogens with zero attached hydrogens (tertiary/aromatic N) is 3. The molecule has 1 aliphatic heterocycles. The number of amides is 1. The molecule has 5 nitrogen and oxygen atoms in total. The number of aryl methyl sites for hydroxylation is 1. The molecule has 7 heteroatoms. The maximum Gasteiger partial charge on any atom is 0.260 e. The molecule has 4 rings (SSSR count). The van der Waals surface area contributed by atoms with Gasteiger partial charge in [0.25, 0.3) is 5.91 Å². The molecule has 1 saturated heterocycles. The first kappa shape index (κ1) is 25.6. The minimum absolute atomic E-state index is 0. The number of hydrogen-bond acceptors (Lipinski definition) is 5. The summed E-state index contributed by atoms with van der Waals surface area (Å²) in [4.78, 5) is 22.8. The minimum atomic E-state index is 0. The molecule has 33 heavy (non-hydrogen) atoms. The fourth-order valence-corrected chi connectivity index (χ4v) is 5.09. The molecule has 178 valence electrons. The summed E-state index contributed by atoms with van der Waals surface area (Å²) in [7, 11) is 0. The zero-order valence-electron chi connectivity index (χ0n) is 20.0. The van der Waals surface area contributed by atoms with Crippen molar-refractivity contribution < 1.29 is 9.53 Å². The van der Waals surface area contributed by atoms with Crippen molar-refractivity contribution in [2.24, 2.45) is 0 Å². The quantitative estimate of drug-likeness (QED) is 0.448. The minimum Gasteiger partial charge on any atom is -0.379 e. The molecule has 0 bridgehead atoms. The molecule has 0 aliphatic carbocycles. The Morgan fingerprint density at radius 3 is 2.45 bits per heavy atom. The van der Waals surface area contributed by atoms with Crippen molar-refractivity contribution in [3.63, 3.8) is 0 Å². The monoisotopic (exact) mass is 487 g/mol. The lowest BCUT2D eigenvalue weighted by atomic mass is 9.86. The van der Waals surface area contributed by atoms with Gasteiger partial charge in [-0.05, 0) is 48.1 Å². The molecule has 2 heterocycles. The third-order valence-corrected chi connectivity index (χ3v) is 7.09. The van der Waals surface area contributed by atoms with Crippen molar-refractivity contribution in [2.45, 2.75) is 39.5 Å². The molecule has 1 amide bonds. The van der Waals surface area contributed by atoms with Gasteiger partial charge in [0.1, 0.15) is 0 Å². The van der Waals surface area contributed by atoms with Crippen LogP contribution >= 0.6 is 23.7 Å². The van der Waals surface area contributed by atoms with Crippen molar-refractivity contribution in [3.05, 3.63) is 59.2 Å². The van der Waals surface area contributed by atoms with Crippen LogP contribution in [0.2, 0.25) is 0 Å². The number of carbonyl (C=O) groups is 1. The Labute approximate surface area is 207 Å². The first-order chi connectivity index (χ1) is 15.3. The van der Waals surface area contributed by atoms with Gasteiger partial charge in [0.05, 0.1) is 23.4 Å². The summed E-state index contributed by atoms with van der Waals surface area (Å²) in [5.74, 6) is 0.0177. The molecule has 1 fully saturated rings. The Morgan fingerprint density at radius 2 is 1.82 bits per heavy atom. The van der Waals surface area contributed by atoms with Crippen molar-refractivity contribution in [1.82, 2.24) is 9.88 Å². The first-order valence-corrected chi connectivity index (χ1v) is 12.2. The van der Waals surface area contributed by atoms with Gasteiger partial charge in [-0.3, -0.25) is 14.6 Å². The summed E-state index contributed by atoms with van der Waals surface area (Å²) in [6.45, 7) is 13.7. The van der Waals surface area contributed by atoms with Gasteiger partial charge in [0.2, 0.25) is 0 Å². The number of para-hydroxylation sites is 1. The lowest BCUT2D eigenvalue weighted by molar-refractivity contribution is 0.0376. The van der Waals surface area contributed by atoms with Crippen LogP contribution in [-0.2, 0) is 10.2 Å². The van der Waals surface area contributed by atoms with E-state index in [0.717, 1.165) is 60.2 Å². The number of hydrogen-bond donors (Lipinski definition) is 0. The summed E-state index contributed by atoms with van der Waals surface area (Å²) < 4.78 is 6.58. The van der Waals surface area contributed by atoms with Crippen LogP contribution in [0.4, 0.5) is 5.13 Å². The van der Waals surface area contributed by atoms with E-state index in [1.165, 1.54) is 5.56 Å². The highest BCUT2D eigenvalue weighted by Gasteiger charge is 2.23. The SMILES string of the molecule is Cc1cccc2sc(N(CCCN3CCOCC3)C(=O)c3ccc(C(C)(C)C)cc3)nc12.Cl. The van der Waals surface area contributed by atoms with Gasteiger partial charge in [0.15, 0.2) is 5.13 Å². The number of rotatable bonds is 6. The lowest BCUT2D eigenvalue weighted by Gasteiger charge is -2.28. The number of aromatic nitrogens is 1. The molecule has 0 radical (unpaired) electrons. The third-order valence-electron chi connectivity index (χ3n) is 6.04. The number of fused-ring (bicyclic) bond motifs is 1. The highest BCUT2D eigenvalue weighted by molar-refractivity contribution is 7.22. The van der Waals surface area contributed by atoms with Crippen LogP contribution in [0.15, 0.2) is 42.5 Å². The van der Waals surface area contributed by atoms with Crippen LogP contribution in [0, 0.1) is 6.92 Å². The van der Waals surface area contributed by atoms with Crippen LogP contribution < -0.4 is 4.90 Å². The molecule has 2 aromatic carbocycles. The summed E-state index contributed by atoms with van der Waals surface area (Å²) >= 11 is 1.60. The smallest absolute Gasteiger partial charge is 0.260 e. The summed E-state index contributed by atoms with van der Waals surface area (Å²) in [6, 6.07) is 14.3. The second-order valence-corrected chi connectivity index (χ2v) is 10.5. The summed E-state index contributed by atoms with van der Waals surface area (Å²) in [5, 5.41) is 0.779.